The normalized spacial score (nSPS) is 17.9. The van der Waals surface area contributed by atoms with Gasteiger partial charge in [0.25, 0.3) is 0 Å². The van der Waals surface area contributed by atoms with Gasteiger partial charge >= 0.3 is 0 Å². The van der Waals surface area contributed by atoms with Crippen LogP contribution in [-0.4, -0.2) is 46.2 Å². The van der Waals surface area contributed by atoms with E-state index in [1.54, 1.807) is 17.5 Å². The van der Waals surface area contributed by atoms with E-state index in [0.717, 1.165) is 18.7 Å². The van der Waals surface area contributed by atoms with Crippen LogP contribution in [0.15, 0.2) is 52.1 Å². The summed E-state index contributed by atoms with van der Waals surface area (Å²) in [5.74, 6) is 0. The minimum absolute atomic E-state index is 0.00911. The molecule has 0 radical (unpaired) electrons. The average molecular weight is 352 g/mol. The first kappa shape index (κ1) is 16.6. The van der Waals surface area contributed by atoms with Crippen LogP contribution in [0.5, 0.6) is 0 Å². The van der Waals surface area contributed by atoms with E-state index in [1.807, 2.05) is 30.3 Å². The van der Waals surface area contributed by atoms with Gasteiger partial charge in [0, 0.05) is 25.7 Å². The number of nitrogens with zero attached hydrogens (tertiary/aromatic N) is 1. The number of morpholine rings is 1. The quantitative estimate of drug-likeness (QED) is 0.865. The molecule has 1 aromatic carbocycles. The third-order valence-corrected chi connectivity index (χ3v) is 6.72. The van der Waals surface area contributed by atoms with Crippen LogP contribution in [0, 0.1) is 0 Å². The minimum Gasteiger partial charge on any atom is -0.379 e. The van der Waals surface area contributed by atoms with Gasteiger partial charge in [-0.05, 0) is 17.0 Å². The molecule has 124 valence electrons. The van der Waals surface area contributed by atoms with E-state index in [2.05, 4.69) is 9.62 Å². The summed E-state index contributed by atoms with van der Waals surface area (Å²) in [6, 6.07) is 13.4. The standard InChI is InChI=1S/C16H20N2O3S2/c19-23(20,16-7-4-12-22-16)17-13-15(14-5-2-1-3-6-14)18-8-10-21-11-9-18/h1-7,12,15,17H,8-11,13H2/t15-/m0/s1. The maximum atomic E-state index is 12.4. The molecule has 1 saturated heterocycles. The van der Waals surface area contributed by atoms with Gasteiger partial charge in [-0.25, -0.2) is 13.1 Å². The van der Waals surface area contributed by atoms with Crippen LogP contribution in [0.1, 0.15) is 11.6 Å². The monoisotopic (exact) mass is 352 g/mol. The number of benzene rings is 1. The summed E-state index contributed by atoms with van der Waals surface area (Å²) < 4.78 is 33.3. The Bertz CT molecular complexity index is 696. The molecule has 23 heavy (non-hydrogen) atoms. The van der Waals surface area contributed by atoms with Crippen molar-refractivity contribution < 1.29 is 13.2 Å². The second kappa shape index (κ2) is 7.55. The van der Waals surface area contributed by atoms with Crippen LogP contribution in [0.4, 0.5) is 0 Å². The maximum absolute atomic E-state index is 12.4. The summed E-state index contributed by atoms with van der Waals surface area (Å²) >= 11 is 1.23. The topological polar surface area (TPSA) is 58.6 Å². The molecule has 5 nitrogen and oxygen atoms in total. The van der Waals surface area contributed by atoms with E-state index in [4.69, 9.17) is 4.74 Å². The maximum Gasteiger partial charge on any atom is 0.250 e. The van der Waals surface area contributed by atoms with Gasteiger partial charge in [0.15, 0.2) is 0 Å². The molecule has 0 unspecified atom stereocenters. The first-order valence-corrected chi connectivity index (χ1v) is 9.93. The molecule has 1 aliphatic rings. The van der Waals surface area contributed by atoms with Crippen LogP contribution in [0.3, 0.4) is 0 Å². The highest BCUT2D eigenvalue weighted by molar-refractivity contribution is 7.91. The highest BCUT2D eigenvalue weighted by Gasteiger charge is 2.25. The van der Waals surface area contributed by atoms with Crippen molar-refractivity contribution in [1.29, 1.82) is 0 Å². The zero-order chi connectivity index (χ0) is 16.1. The molecule has 1 atom stereocenters. The lowest BCUT2D eigenvalue weighted by atomic mass is 10.1. The van der Waals surface area contributed by atoms with E-state index < -0.39 is 10.0 Å². The fraction of sp³-hybridized carbons (Fsp3) is 0.375. The zero-order valence-electron chi connectivity index (χ0n) is 12.7. The lowest BCUT2D eigenvalue weighted by Gasteiger charge is -2.34. The smallest absolute Gasteiger partial charge is 0.250 e. The first-order valence-electron chi connectivity index (χ1n) is 7.57. The van der Waals surface area contributed by atoms with Crippen LogP contribution < -0.4 is 4.72 Å². The van der Waals surface area contributed by atoms with Crippen LogP contribution in [0.25, 0.3) is 0 Å². The average Bonchev–Trinajstić information content (AvgIpc) is 3.12. The lowest BCUT2D eigenvalue weighted by molar-refractivity contribution is 0.0172. The van der Waals surface area contributed by atoms with Gasteiger partial charge in [0.2, 0.25) is 10.0 Å². The van der Waals surface area contributed by atoms with E-state index in [1.165, 1.54) is 11.3 Å². The lowest BCUT2D eigenvalue weighted by Crippen LogP contribution is -2.43. The largest absolute Gasteiger partial charge is 0.379 e. The van der Waals surface area contributed by atoms with E-state index in [9.17, 15) is 8.42 Å². The highest BCUT2D eigenvalue weighted by atomic mass is 32.2. The van der Waals surface area contributed by atoms with Gasteiger partial charge in [0.05, 0.1) is 13.2 Å². The number of thiophene rings is 1. The van der Waals surface area contributed by atoms with Crippen molar-refractivity contribution >= 4 is 21.4 Å². The second-order valence-electron chi connectivity index (χ2n) is 5.36. The summed E-state index contributed by atoms with van der Waals surface area (Å²) in [5, 5.41) is 1.77. The number of ether oxygens (including phenoxy) is 1. The molecule has 1 fully saturated rings. The molecular weight excluding hydrogens is 332 g/mol. The van der Waals surface area contributed by atoms with Crippen molar-refractivity contribution in [2.45, 2.75) is 10.3 Å². The predicted octanol–water partition coefficient (Wildman–Crippen LogP) is 2.10. The van der Waals surface area contributed by atoms with Crippen LogP contribution in [0.2, 0.25) is 0 Å². The Hall–Kier alpha value is -1.25. The molecule has 2 aromatic rings. The second-order valence-corrected chi connectivity index (χ2v) is 8.30. The van der Waals surface area contributed by atoms with Crippen molar-refractivity contribution in [3.05, 3.63) is 53.4 Å². The minimum atomic E-state index is -3.45. The Morgan fingerprint density at radius 3 is 2.52 bits per heavy atom. The van der Waals surface area contributed by atoms with Gasteiger partial charge in [-0.2, -0.15) is 0 Å². The molecule has 1 aliphatic heterocycles. The van der Waals surface area contributed by atoms with Crippen molar-refractivity contribution in [2.24, 2.45) is 0 Å². The number of hydrogen-bond acceptors (Lipinski definition) is 5. The number of nitrogens with one attached hydrogen (secondary N) is 1. The Kier molecular flexibility index (Phi) is 5.45. The van der Waals surface area contributed by atoms with E-state index in [0.29, 0.717) is 24.0 Å². The number of sulfonamides is 1. The summed E-state index contributed by atoms with van der Waals surface area (Å²) in [7, 11) is -3.45. The van der Waals surface area contributed by atoms with Crippen molar-refractivity contribution in [3.8, 4) is 0 Å². The Morgan fingerprint density at radius 1 is 1.13 bits per heavy atom. The van der Waals surface area contributed by atoms with E-state index in [-0.39, 0.29) is 6.04 Å². The first-order chi connectivity index (χ1) is 11.2. The third-order valence-electron chi connectivity index (χ3n) is 3.90. The fourth-order valence-electron chi connectivity index (χ4n) is 2.70. The Labute approximate surface area is 140 Å². The number of hydrogen-bond donors (Lipinski definition) is 1. The van der Waals surface area contributed by atoms with Gasteiger partial charge < -0.3 is 4.74 Å². The molecule has 2 heterocycles. The fourth-order valence-corrected chi connectivity index (χ4v) is 4.77. The Balaban J connectivity index is 1.76. The molecule has 0 aliphatic carbocycles. The molecule has 0 saturated carbocycles. The molecule has 0 amide bonds. The Morgan fingerprint density at radius 2 is 1.87 bits per heavy atom. The molecule has 1 aromatic heterocycles. The summed E-state index contributed by atoms with van der Waals surface area (Å²) in [4.78, 5) is 2.27. The van der Waals surface area contributed by atoms with E-state index >= 15 is 0 Å². The molecule has 0 bridgehead atoms. The molecule has 3 rings (SSSR count). The predicted molar refractivity (Wildman–Crippen MR) is 91.1 cm³/mol. The number of rotatable bonds is 6. The third kappa shape index (κ3) is 4.19. The molecular formula is C16H20N2O3S2. The van der Waals surface area contributed by atoms with Crippen molar-refractivity contribution in [2.75, 3.05) is 32.8 Å². The highest BCUT2D eigenvalue weighted by Crippen LogP contribution is 2.22. The zero-order valence-corrected chi connectivity index (χ0v) is 14.4. The molecule has 7 heteroatoms. The van der Waals surface area contributed by atoms with Crippen molar-refractivity contribution in [3.63, 3.8) is 0 Å². The molecule has 1 N–H and O–H groups in total. The SMILES string of the molecule is O=S(=O)(NC[C@@H](c1ccccc1)N1CCOCC1)c1cccs1. The summed E-state index contributed by atoms with van der Waals surface area (Å²) in [6.07, 6.45) is 0. The van der Waals surface area contributed by atoms with Crippen LogP contribution >= 0.6 is 11.3 Å². The molecule has 0 spiro atoms. The summed E-state index contributed by atoms with van der Waals surface area (Å²) in [5.41, 5.74) is 1.11. The van der Waals surface area contributed by atoms with Gasteiger partial charge in [0.1, 0.15) is 4.21 Å². The van der Waals surface area contributed by atoms with Crippen molar-refractivity contribution in [1.82, 2.24) is 9.62 Å². The van der Waals surface area contributed by atoms with Gasteiger partial charge in [-0.1, -0.05) is 36.4 Å². The summed E-state index contributed by atoms with van der Waals surface area (Å²) in [6.45, 7) is 3.33. The van der Waals surface area contributed by atoms with Gasteiger partial charge in [-0.15, -0.1) is 11.3 Å². The van der Waals surface area contributed by atoms with Gasteiger partial charge in [-0.3, -0.25) is 4.90 Å². The van der Waals surface area contributed by atoms with Crippen LogP contribution in [-0.2, 0) is 14.8 Å².